The van der Waals surface area contributed by atoms with Crippen molar-refractivity contribution in [2.45, 2.75) is 278 Å². The average molecular weight is 1990 g/mol. The maximum Gasteiger partial charge on any atom is 0.247 e. The molecule has 0 bridgehead atoms. The molecular formula is C114H151Cl2F3N14O9. The molecule has 766 valence electrons. The van der Waals surface area contributed by atoms with Crippen molar-refractivity contribution in [3.05, 3.63) is 278 Å². The summed E-state index contributed by atoms with van der Waals surface area (Å²) >= 11 is 12.4. The van der Waals surface area contributed by atoms with Crippen molar-refractivity contribution in [2.24, 2.45) is 0 Å². The third-order valence-electron chi connectivity index (χ3n) is 30.4. The number of likely N-dealkylation sites (N-methyl/N-ethyl adjacent to an activating group) is 4. The van der Waals surface area contributed by atoms with E-state index in [2.05, 4.69) is 193 Å². The standard InChI is InChI=1S/C32H42ClN5O3.C28H38FN3O2.C28H39N3O2.C26H32ClF2N3O2/c1-36(2)31(22-24-7-6-8-25(33)21-24)15-13-26(14-16-31)35-28(39)11-12-29(40)37-19-17-32(18-20-37)30(41)34-23-38(32)27-9-4-3-5-10-27;1-21-5-4-6-23(19-21)20-28(32(2)3)16-13-25(14-17-28)31-27(34)12-11-26(33)30-18-15-22-7-9-24(29)10-8-22;1-22-9-8-12-24(19-22)20-28(30(2)3)17-15-25(16-18-28)29-26(32)13-14-27(33)31(4)21-23-10-6-5-7-11-23;1-32(2)26(16-18-4-3-5-20(27)12-18)10-8-23(9-11-26)31-25(34)7-6-24(33)30-17-19-13-21(28)15-22(29)14-19/h3-10,21,26H,11-20,22-23H2,1-2H3,(H,34,41)(H,35,39);4-10,19,25H,11-18,20H2,1-3H3,(H,30,33)(H,31,34);5-12,19,25H,13-18,20-21H2,1-4H3,(H,29,32);3-5,12-15,23H,6-11,16-17H2,1-2H3,(H,30,33)(H,31,34). The molecule has 4 aliphatic carbocycles. The lowest BCUT2D eigenvalue weighted by Gasteiger charge is -2.45. The Morgan fingerprint density at radius 2 is 0.732 bits per heavy atom. The molecule has 14 rings (SSSR count). The number of aryl methyl sites for hydroxylation is 2. The molecule has 0 aromatic heterocycles. The summed E-state index contributed by atoms with van der Waals surface area (Å²) in [5.74, 6) is -2.41. The van der Waals surface area contributed by atoms with Gasteiger partial charge in [-0.2, -0.15) is 0 Å². The molecule has 1 spiro atoms. The highest BCUT2D eigenvalue weighted by Crippen LogP contribution is 2.42. The van der Waals surface area contributed by atoms with Gasteiger partial charge in [-0.15, -0.1) is 0 Å². The number of rotatable bonds is 36. The Bertz CT molecular complexity index is 5420. The maximum atomic E-state index is 13.2. The fourth-order valence-corrected chi connectivity index (χ4v) is 21.8. The third kappa shape index (κ3) is 33.5. The molecule has 0 unspecified atom stereocenters. The van der Waals surface area contributed by atoms with Gasteiger partial charge >= 0.3 is 0 Å². The largest absolute Gasteiger partial charge is 0.356 e. The van der Waals surface area contributed by atoms with Crippen LogP contribution in [0.2, 0.25) is 10.0 Å². The number of likely N-dealkylation sites (tertiary alicyclic amines) is 1. The van der Waals surface area contributed by atoms with Gasteiger partial charge in [-0.25, -0.2) is 13.2 Å². The van der Waals surface area contributed by atoms with E-state index in [1.807, 2.05) is 102 Å². The first-order chi connectivity index (χ1) is 67.9. The molecule has 0 radical (unpaired) electrons. The van der Waals surface area contributed by atoms with E-state index in [4.69, 9.17) is 23.2 Å². The van der Waals surface area contributed by atoms with Crippen molar-refractivity contribution in [2.75, 3.05) is 94.6 Å². The predicted octanol–water partition coefficient (Wildman–Crippen LogP) is 17.1. The van der Waals surface area contributed by atoms with E-state index in [1.54, 1.807) is 24.1 Å². The average Bonchev–Trinajstić information content (AvgIpc) is 1.60. The SMILES string of the molecule is CN(C)C1(Cc2cccc(Cl)c2)CCC(NC(=O)CCC(=O)N2CCC3(CC2)C(=O)NCN3c2ccccc2)CC1.CN(C)C1(Cc2cccc(Cl)c2)CCC(NC(=O)CCC(=O)NCc2cc(F)cc(F)c2)CC1.Cc1cccc(CC2(N(C)C)CCC(NC(=O)CCC(=O)N(C)Cc3ccccc3)CC2)c1.Cc1cccc(CC2(N(C)C)CCC(NC(=O)CCC(=O)NCCc3ccc(F)cc3)CC2)c1. The fraction of sp³-hybridized carbons (Fsp3) is 0.500. The van der Waals surface area contributed by atoms with E-state index in [0.29, 0.717) is 57.7 Å². The maximum absolute atomic E-state index is 13.2. The van der Waals surface area contributed by atoms with Crippen molar-refractivity contribution in [3.8, 4) is 0 Å². The zero-order chi connectivity index (χ0) is 102. The van der Waals surface area contributed by atoms with Crippen LogP contribution in [-0.4, -0.2) is 224 Å². The number of hydrogen-bond acceptors (Lipinski definition) is 14. The summed E-state index contributed by atoms with van der Waals surface area (Å²) in [6, 6.07) is 63.3. The third-order valence-corrected chi connectivity index (χ3v) is 30.9. The second-order valence-electron chi connectivity index (χ2n) is 41.1. The summed E-state index contributed by atoms with van der Waals surface area (Å²) in [6.45, 7) is 6.83. The lowest BCUT2D eigenvalue weighted by molar-refractivity contribution is -0.136. The minimum absolute atomic E-state index is 0.00225. The number of nitrogens with one attached hydrogen (secondary N) is 7. The number of amides is 9. The monoisotopic (exact) mass is 1990 g/mol. The molecule has 7 N–H and O–H groups in total. The normalized spacial score (nSPS) is 21.4. The molecule has 6 aliphatic rings. The number of anilines is 1. The Kier molecular flexibility index (Phi) is 42.0. The van der Waals surface area contributed by atoms with Gasteiger partial charge in [0.15, 0.2) is 0 Å². The molecule has 2 aliphatic heterocycles. The van der Waals surface area contributed by atoms with Gasteiger partial charge in [0.2, 0.25) is 53.2 Å². The molecule has 2 saturated heterocycles. The Labute approximate surface area is 850 Å². The first-order valence-corrected chi connectivity index (χ1v) is 51.5. The van der Waals surface area contributed by atoms with Crippen LogP contribution >= 0.6 is 23.2 Å². The first-order valence-electron chi connectivity index (χ1n) is 50.8. The Morgan fingerprint density at radius 1 is 0.373 bits per heavy atom. The number of hydrogen-bond donors (Lipinski definition) is 7. The second-order valence-corrected chi connectivity index (χ2v) is 42.0. The van der Waals surface area contributed by atoms with Crippen LogP contribution in [0.3, 0.4) is 0 Å². The quantitative estimate of drug-likeness (QED) is 0.0193. The summed E-state index contributed by atoms with van der Waals surface area (Å²) < 4.78 is 39.4. The molecule has 8 aromatic rings. The predicted molar refractivity (Wildman–Crippen MR) is 559 cm³/mol. The zero-order valence-electron chi connectivity index (χ0n) is 85.2. The fourth-order valence-electron chi connectivity index (χ4n) is 21.4. The highest BCUT2D eigenvalue weighted by molar-refractivity contribution is 6.31. The molecule has 8 aromatic carbocycles. The molecule has 28 heteroatoms. The Hall–Kier alpha value is -11.0. The van der Waals surface area contributed by atoms with Gasteiger partial charge in [-0.3, -0.25) is 43.2 Å². The van der Waals surface area contributed by atoms with Crippen LogP contribution in [0, 0.1) is 31.3 Å². The van der Waals surface area contributed by atoms with Crippen molar-refractivity contribution in [1.29, 1.82) is 0 Å². The highest BCUT2D eigenvalue weighted by Gasteiger charge is 2.51. The minimum atomic E-state index is -0.693. The summed E-state index contributed by atoms with van der Waals surface area (Å²) in [6.07, 6.45) is 22.4. The van der Waals surface area contributed by atoms with Crippen LogP contribution in [0.5, 0.6) is 0 Å². The number of piperidine rings is 1. The van der Waals surface area contributed by atoms with Gasteiger partial charge in [0.25, 0.3) is 0 Å². The summed E-state index contributed by atoms with van der Waals surface area (Å²) in [7, 11) is 18.9. The zero-order valence-corrected chi connectivity index (χ0v) is 86.7. The van der Waals surface area contributed by atoms with E-state index in [9.17, 15) is 56.3 Å². The van der Waals surface area contributed by atoms with Gasteiger partial charge in [0.05, 0.1) is 6.67 Å². The highest BCUT2D eigenvalue weighted by atomic mass is 35.5. The van der Waals surface area contributed by atoms with Gasteiger partial charge < -0.3 is 71.5 Å². The number of carbonyl (C=O) groups excluding carboxylic acids is 9. The van der Waals surface area contributed by atoms with E-state index in [0.717, 1.165) is 161 Å². The summed E-state index contributed by atoms with van der Waals surface area (Å²) in [5, 5.41) is 22.5. The number of para-hydroxylation sites is 1. The minimum Gasteiger partial charge on any atom is -0.356 e. The van der Waals surface area contributed by atoms with Gasteiger partial charge in [0.1, 0.15) is 23.0 Å². The number of halogens is 5. The molecule has 6 fully saturated rings. The second kappa shape index (κ2) is 53.5. The van der Waals surface area contributed by atoms with Gasteiger partial charge in [-0.1, -0.05) is 168 Å². The molecule has 142 heavy (non-hydrogen) atoms. The van der Waals surface area contributed by atoms with Crippen molar-refractivity contribution >= 4 is 82.1 Å². The molecule has 9 amide bonds. The first kappa shape index (κ1) is 111. The van der Waals surface area contributed by atoms with E-state index >= 15 is 0 Å². The van der Waals surface area contributed by atoms with E-state index in [-0.39, 0.29) is 163 Å². The summed E-state index contributed by atoms with van der Waals surface area (Å²) in [5.41, 5.74) is 10.8. The van der Waals surface area contributed by atoms with Crippen molar-refractivity contribution in [1.82, 2.24) is 66.6 Å². The lowest BCUT2D eigenvalue weighted by Crippen LogP contribution is -2.57. The van der Waals surface area contributed by atoms with Crippen LogP contribution in [0.25, 0.3) is 0 Å². The lowest BCUT2D eigenvalue weighted by atomic mass is 9.74. The Balaban J connectivity index is 0.000000182. The molecule has 0 atom stereocenters. The van der Waals surface area contributed by atoms with Gasteiger partial charge in [0, 0.05) is 159 Å². The topological polar surface area (TPSA) is 261 Å². The van der Waals surface area contributed by atoms with Crippen LogP contribution in [0.1, 0.15) is 217 Å². The van der Waals surface area contributed by atoms with Gasteiger partial charge in [-0.05, 0) is 318 Å². The molecular weight excluding hydrogens is 1840 g/mol. The smallest absolute Gasteiger partial charge is 0.247 e. The van der Waals surface area contributed by atoms with Crippen LogP contribution in [0.4, 0.5) is 18.9 Å². The van der Waals surface area contributed by atoms with Crippen LogP contribution in [0.15, 0.2) is 200 Å². The van der Waals surface area contributed by atoms with Crippen molar-refractivity contribution in [3.63, 3.8) is 0 Å². The number of nitrogens with zero attached hydrogens (tertiary/aromatic N) is 7. The molecule has 23 nitrogen and oxygen atoms in total. The van der Waals surface area contributed by atoms with Crippen LogP contribution < -0.4 is 42.1 Å². The Morgan fingerprint density at radius 3 is 1.13 bits per heavy atom. The van der Waals surface area contributed by atoms with Crippen LogP contribution in [-0.2, 0) is 88.3 Å². The molecule has 2 heterocycles. The number of benzene rings is 8. The number of carbonyl (C=O) groups is 9. The summed E-state index contributed by atoms with van der Waals surface area (Å²) in [4.78, 5) is 128. The van der Waals surface area contributed by atoms with Crippen molar-refractivity contribution < 1.29 is 56.3 Å². The van der Waals surface area contributed by atoms with E-state index in [1.165, 1.54) is 57.6 Å². The molecule has 4 saturated carbocycles. The van der Waals surface area contributed by atoms with E-state index < -0.39 is 17.2 Å².